The Bertz CT molecular complexity index is 867. The molecule has 6 nitrogen and oxygen atoms in total. The summed E-state index contributed by atoms with van der Waals surface area (Å²) in [5.74, 6) is -1.61. The topological polar surface area (TPSA) is 78.8 Å². The van der Waals surface area contributed by atoms with Gasteiger partial charge in [0.2, 0.25) is 5.95 Å². The van der Waals surface area contributed by atoms with Gasteiger partial charge in [0.25, 0.3) is 0 Å². The lowest BCUT2D eigenvalue weighted by Gasteiger charge is -2.09. The predicted molar refractivity (Wildman–Crippen MR) is 76.8 cm³/mol. The van der Waals surface area contributed by atoms with Gasteiger partial charge in [-0.25, -0.2) is 18.4 Å². The van der Waals surface area contributed by atoms with Crippen molar-refractivity contribution in [3.8, 4) is 5.75 Å². The van der Waals surface area contributed by atoms with Gasteiger partial charge in [-0.05, 0) is 12.1 Å². The van der Waals surface area contributed by atoms with Crippen LogP contribution in [-0.4, -0.2) is 26.9 Å². The highest BCUT2D eigenvalue weighted by Gasteiger charge is 2.17. The Morgan fingerprint density at radius 2 is 2.09 bits per heavy atom. The maximum atomic E-state index is 14.2. The molecule has 0 atom stereocenters. The van der Waals surface area contributed by atoms with Crippen LogP contribution in [0.2, 0.25) is 5.15 Å². The second-order valence-corrected chi connectivity index (χ2v) is 4.81. The van der Waals surface area contributed by atoms with Crippen molar-refractivity contribution in [2.75, 3.05) is 12.8 Å². The molecule has 2 aromatic heterocycles. The van der Waals surface area contributed by atoms with E-state index in [-0.39, 0.29) is 29.0 Å². The molecule has 2 heterocycles. The zero-order chi connectivity index (χ0) is 15.9. The van der Waals surface area contributed by atoms with Crippen LogP contribution in [0.15, 0.2) is 18.3 Å². The molecule has 9 heteroatoms. The van der Waals surface area contributed by atoms with Crippen molar-refractivity contribution in [2.45, 2.75) is 6.54 Å². The molecule has 0 saturated heterocycles. The average Bonchev–Trinajstić information content (AvgIpc) is 2.87. The van der Waals surface area contributed by atoms with Crippen LogP contribution in [0, 0.1) is 11.6 Å². The van der Waals surface area contributed by atoms with Gasteiger partial charge in [0.1, 0.15) is 11.0 Å². The van der Waals surface area contributed by atoms with E-state index in [0.29, 0.717) is 11.0 Å². The Morgan fingerprint density at radius 1 is 1.32 bits per heavy atom. The first-order valence-corrected chi connectivity index (χ1v) is 6.54. The maximum absolute atomic E-state index is 14.2. The van der Waals surface area contributed by atoms with E-state index < -0.39 is 11.6 Å². The number of halogens is 3. The summed E-state index contributed by atoms with van der Waals surface area (Å²) in [5.41, 5.74) is 5.63. The predicted octanol–water partition coefficient (Wildman–Crippen LogP) is 2.40. The molecule has 3 aromatic rings. The van der Waals surface area contributed by atoms with Crippen molar-refractivity contribution in [2.24, 2.45) is 0 Å². The number of nitrogens with zero attached hydrogens (tertiary/aromatic N) is 4. The molecule has 0 bridgehead atoms. The van der Waals surface area contributed by atoms with E-state index in [4.69, 9.17) is 22.1 Å². The number of anilines is 1. The second kappa shape index (κ2) is 5.38. The Morgan fingerprint density at radius 3 is 2.82 bits per heavy atom. The SMILES string of the molecule is COc1ccc(F)c(Cn2ncc3c(Cl)nc(N)nc32)c1F. The van der Waals surface area contributed by atoms with Gasteiger partial charge in [-0.1, -0.05) is 11.6 Å². The Hall–Kier alpha value is -2.48. The van der Waals surface area contributed by atoms with Crippen molar-refractivity contribution in [1.29, 1.82) is 0 Å². The Labute approximate surface area is 128 Å². The van der Waals surface area contributed by atoms with Crippen molar-refractivity contribution in [3.63, 3.8) is 0 Å². The van der Waals surface area contributed by atoms with Crippen molar-refractivity contribution in [1.82, 2.24) is 19.7 Å². The van der Waals surface area contributed by atoms with Gasteiger partial charge < -0.3 is 10.5 Å². The third kappa shape index (κ3) is 2.31. The molecule has 0 aliphatic rings. The molecule has 3 rings (SSSR count). The van der Waals surface area contributed by atoms with E-state index in [2.05, 4.69) is 15.1 Å². The van der Waals surface area contributed by atoms with Crippen LogP contribution in [0.1, 0.15) is 5.56 Å². The fraction of sp³-hybridized carbons (Fsp3) is 0.154. The first-order chi connectivity index (χ1) is 10.5. The minimum Gasteiger partial charge on any atom is -0.494 e. The minimum absolute atomic E-state index is 0.0502. The quantitative estimate of drug-likeness (QED) is 0.748. The largest absolute Gasteiger partial charge is 0.494 e. The van der Waals surface area contributed by atoms with Crippen LogP contribution in [0.3, 0.4) is 0 Å². The molecule has 0 aliphatic carbocycles. The lowest BCUT2D eigenvalue weighted by molar-refractivity contribution is 0.379. The number of nitrogen functional groups attached to an aromatic ring is 1. The molecule has 0 radical (unpaired) electrons. The van der Waals surface area contributed by atoms with Crippen molar-refractivity contribution >= 4 is 28.6 Å². The van der Waals surface area contributed by atoms with Gasteiger partial charge in [-0.3, -0.25) is 0 Å². The highest BCUT2D eigenvalue weighted by Crippen LogP contribution is 2.26. The van der Waals surface area contributed by atoms with Crippen LogP contribution < -0.4 is 10.5 Å². The number of nitrogens with two attached hydrogens (primary N) is 1. The summed E-state index contributed by atoms with van der Waals surface area (Å²) >= 11 is 5.94. The number of ether oxygens (including phenoxy) is 1. The molecule has 1 aromatic carbocycles. The zero-order valence-corrected chi connectivity index (χ0v) is 12.1. The molecular weight excluding hydrogens is 316 g/mol. The lowest BCUT2D eigenvalue weighted by atomic mass is 10.2. The van der Waals surface area contributed by atoms with E-state index in [9.17, 15) is 8.78 Å². The number of hydrogen-bond acceptors (Lipinski definition) is 5. The summed E-state index contributed by atoms with van der Waals surface area (Å²) in [6.07, 6.45) is 1.41. The van der Waals surface area contributed by atoms with Gasteiger partial charge in [-0.15, -0.1) is 0 Å². The minimum atomic E-state index is -0.792. The van der Waals surface area contributed by atoms with Crippen LogP contribution in [-0.2, 0) is 6.54 Å². The molecule has 0 amide bonds. The average molecular weight is 326 g/mol. The molecule has 0 spiro atoms. The summed E-state index contributed by atoms with van der Waals surface area (Å²) in [7, 11) is 1.30. The lowest BCUT2D eigenvalue weighted by Crippen LogP contribution is -2.08. The van der Waals surface area contributed by atoms with E-state index in [1.54, 1.807) is 0 Å². The summed E-state index contributed by atoms with van der Waals surface area (Å²) in [5, 5.41) is 4.60. The van der Waals surface area contributed by atoms with E-state index in [1.165, 1.54) is 24.1 Å². The molecule has 0 fully saturated rings. The van der Waals surface area contributed by atoms with E-state index in [0.717, 1.165) is 6.07 Å². The monoisotopic (exact) mass is 325 g/mol. The first-order valence-electron chi connectivity index (χ1n) is 6.16. The molecule has 114 valence electrons. The molecular formula is C13H10ClF2N5O. The second-order valence-electron chi connectivity index (χ2n) is 4.45. The van der Waals surface area contributed by atoms with Crippen LogP contribution in [0.25, 0.3) is 11.0 Å². The van der Waals surface area contributed by atoms with Crippen LogP contribution in [0.4, 0.5) is 14.7 Å². The Kier molecular flexibility index (Phi) is 3.53. The smallest absolute Gasteiger partial charge is 0.223 e. The van der Waals surface area contributed by atoms with E-state index in [1.807, 2.05) is 0 Å². The number of aromatic nitrogens is 4. The number of methoxy groups -OCH3 is 1. The van der Waals surface area contributed by atoms with E-state index >= 15 is 0 Å². The van der Waals surface area contributed by atoms with Crippen molar-refractivity contribution in [3.05, 3.63) is 40.7 Å². The van der Waals surface area contributed by atoms with Crippen LogP contribution in [0.5, 0.6) is 5.75 Å². The highest BCUT2D eigenvalue weighted by atomic mass is 35.5. The molecule has 2 N–H and O–H groups in total. The Balaban J connectivity index is 2.11. The fourth-order valence-corrected chi connectivity index (χ4v) is 2.30. The summed E-state index contributed by atoms with van der Waals surface area (Å²) in [4.78, 5) is 7.80. The number of rotatable bonds is 3. The third-order valence-electron chi connectivity index (χ3n) is 3.15. The van der Waals surface area contributed by atoms with Gasteiger partial charge in [0, 0.05) is 5.56 Å². The molecule has 22 heavy (non-hydrogen) atoms. The standard InChI is InChI=1S/C13H10ClF2N5O/c1-22-9-3-2-8(15)7(10(9)16)5-21-12-6(4-18-21)11(14)19-13(17)20-12/h2-4H,5H2,1H3,(H2,17,19,20). The summed E-state index contributed by atoms with van der Waals surface area (Å²) < 4.78 is 34.2. The first kappa shape index (κ1) is 14.5. The fourth-order valence-electron chi connectivity index (χ4n) is 2.08. The number of fused-ring (bicyclic) bond motifs is 1. The van der Waals surface area contributed by atoms with Gasteiger partial charge in [0.15, 0.2) is 17.2 Å². The highest BCUT2D eigenvalue weighted by molar-refractivity contribution is 6.34. The van der Waals surface area contributed by atoms with Crippen LogP contribution >= 0.6 is 11.6 Å². The van der Waals surface area contributed by atoms with Gasteiger partial charge in [0.05, 0.1) is 25.2 Å². The molecule has 0 saturated carbocycles. The molecule has 0 unspecified atom stereocenters. The number of hydrogen-bond donors (Lipinski definition) is 1. The zero-order valence-electron chi connectivity index (χ0n) is 11.3. The third-order valence-corrected chi connectivity index (χ3v) is 3.43. The number of benzene rings is 1. The summed E-state index contributed by atoms with van der Waals surface area (Å²) in [6, 6.07) is 2.34. The summed E-state index contributed by atoms with van der Waals surface area (Å²) in [6.45, 7) is -0.189. The maximum Gasteiger partial charge on any atom is 0.223 e. The normalized spacial score (nSPS) is 11.1. The van der Waals surface area contributed by atoms with Gasteiger partial charge in [-0.2, -0.15) is 10.1 Å². The van der Waals surface area contributed by atoms with Crippen molar-refractivity contribution < 1.29 is 13.5 Å². The van der Waals surface area contributed by atoms with Gasteiger partial charge >= 0.3 is 0 Å². The molecule has 0 aliphatic heterocycles.